The van der Waals surface area contributed by atoms with Gasteiger partial charge in [0.2, 0.25) is 5.91 Å². The van der Waals surface area contributed by atoms with Gasteiger partial charge in [-0.25, -0.2) is 0 Å². The van der Waals surface area contributed by atoms with Crippen LogP contribution >= 0.6 is 11.6 Å². The number of ether oxygens (including phenoxy) is 2. The predicted molar refractivity (Wildman–Crippen MR) is 178 cm³/mol. The quantitative estimate of drug-likeness (QED) is 0.311. The number of nitrogens with one attached hydrogen (secondary N) is 1. The lowest BCUT2D eigenvalue weighted by atomic mass is 9.89. The average Bonchev–Trinajstić information content (AvgIpc) is 3.46. The fourth-order valence-corrected chi connectivity index (χ4v) is 7.56. The number of aromatic nitrogens is 1. The van der Waals surface area contributed by atoms with E-state index in [9.17, 15) is 9.59 Å². The SMILES string of the molecule is CC1CCC(OC[C@@H]2C[C@H](N3C[C@@H](C)O[C@@H](C)C3)CN2C(=O)Cc2ccc(NC(=O)c3nccc4ccccc34)c(Cl)c2)CC1. The first-order chi connectivity index (χ1) is 21.7. The van der Waals surface area contributed by atoms with Gasteiger partial charge in [-0.2, -0.15) is 0 Å². The van der Waals surface area contributed by atoms with Gasteiger partial charge in [0.15, 0.2) is 0 Å². The number of pyridine rings is 1. The summed E-state index contributed by atoms with van der Waals surface area (Å²) in [5, 5.41) is 5.00. The van der Waals surface area contributed by atoms with Crippen molar-refractivity contribution >= 4 is 39.9 Å². The molecule has 2 amide bonds. The van der Waals surface area contributed by atoms with E-state index in [1.807, 2.05) is 41.3 Å². The van der Waals surface area contributed by atoms with Crippen LogP contribution < -0.4 is 5.32 Å². The second-order valence-electron chi connectivity index (χ2n) is 13.3. The van der Waals surface area contributed by atoms with Gasteiger partial charge in [0, 0.05) is 37.3 Å². The van der Waals surface area contributed by atoms with Gasteiger partial charge in [-0.1, -0.05) is 48.9 Å². The molecule has 3 fully saturated rings. The van der Waals surface area contributed by atoms with Crippen LogP contribution in [0.25, 0.3) is 10.8 Å². The van der Waals surface area contributed by atoms with E-state index in [1.54, 1.807) is 18.3 Å². The molecule has 3 heterocycles. The van der Waals surface area contributed by atoms with Crippen molar-refractivity contribution in [3.05, 3.63) is 71.0 Å². The summed E-state index contributed by atoms with van der Waals surface area (Å²) in [6.07, 6.45) is 8.02. The molecule has 6 rings (SSSR count). The smallest absolute Gasteiger partial charge is 0.274 e. The lowest BCUT2D eigenvalue weighted by molar-refractivity contribution is -0.133. The third-order valence-corrected chi connectivity index (χ3v) is 10.0. The van der Waals surface area contributed by atoms with Crippen molar-refractivity contribution in [3.8, 4) is 0 Å². The van der Waals surface area contributed by atoms with Gasteiger partial charge in [-0.15, -0.1) is 0 Å². The lowest BCUT2D eigenvalue weighted by Gasteiger charge is -2.38. The molecule has 2 aromatic carbocycles. The van der Waals surface area contributed by atoms with E-state index >= 15 is 0 Å². The number of carbonyl (C=O) groups excluding carboxylic acids is 2. The number of fused-ring (bicyclic) bond motifs is 1. The van der Waals surface area contributed by atoms with Crippen LogP contribution in [0.3, 0.4) is 0 Å². The van der Waals surface area contributed by atoms with Gasteiger partial charge in [0.25, 0.3) is 5.91 Å². The van der Waals surface area contributed by atoms with E-state index in [1.165, 1.54) is 12.8 Å². The largest absolute Gasteiger partial charge is 0.376 e. The minimum absolute atomic E-state index is 0.0394. The van der Waals surface area contributed by atoms with Crippen molar-refractivity contribution in [2.75, 3.05) is 31.6 Å². The first-order valence-electron chi connectivity index (χ1n) is 16.5. The summed E-state index contributed by atoms with van der Waals surface area (Å²) in [5.74, 6) is 0.513. The Bertz CT molecular complexity index is 1490. The fraction of sp³-hybridized carbons (Fsp3) is 0.528. The number of amides is 2. The van der Waals surface area contributed by atoms with E-state index in [4.69, 9.17) is 21.1 Å². The van der Waals surface area contributed by atoms with Crippen molar-refractivity contribution in [1.82, 2.24) is 14.8 Å². The number of benzene rings is 2. The molecule has 2 aliphatic heterocycles. The molecule has 1 N–H and O–H groups in total. The van der Waals surface area contributed by atoms with E-state index in [-0.39, 0.29) is 48.6 Å². The van der Waals surface area contributed by atoms with E-state index in [0.29, 0.717) is 29.6 Å². The Morgan fingerprint density at radius 2 is 1.76 bits per heavy atom. The molecule has 3 aromatic rings. The number of hydrogen-bond donors (Lipinski definition) is 1. The Hall–Kier alpha value is -3.04. The highest BCUT2D eigenvalue weighted by molar-refractivity contribution is 6.34. The van der Waals surface area contributed by atoms with Gasteiger partial charge in [-0.3, -0.25) is 19.5 Å². The Kier molecular flexibility index (Phi) is 10.0. The minimum Gasteiger partial charge on any atom is -0.376 e. The molecule has 0 spiro atoms. The topological polar surface area (TPSA) is 84.0 Å². The standard InChI is InChI=1S/C36H45ClN4O4/c1-23-8-11-30(12-9-23)44-22-29-18-28(40-19-24(2)45-25(3)20-40)21-41(29)34(42)17-26-10-13-33(32(37)16-26)39-36(43)35-31-7-5-4-6-27(31)14-15-38-35/h4-7,10,13-16,23-25,28-30H,8-9,11-12,17-22H2,1-3H3,(H,39,43)/t23?,24-,25+,28-,29-,30?/m0/s1. The highest BCUT2D eigenvalue weighted by atomic mass is 35.5. The zero-order valence-corrected chi connectivity index (χ0v) is 27.3. The third kappa shape index (κ3) is 7.68. The van der Waals surface area contributed by atoms with Crippen molar-refractivity contribution < 1.29 is 19.1 Å². The van der Waals surface area contributed by atoms with Crippen molar-refractivity contribution in [3.63, 3.8) is 0 Å². The average molecular weight is 633 g/mol. The number of anilines is 1. The summed E-state index contributed by atoms with van der Waals surface area (Å²) in [6, 6.07) is 15.3. The maximum Gasteiger partial charge on any atom is 0.274 e. The summed E-state index contributed by atoms with van der Waals surface area (Å²) in [5.41, 5.74) is 1.63. The van der Waals surface area contributed by atoms with Gasteiger partial charge in [0.1, 0.15) is 5.69 Å². The molecule has 240 valence electrons. The number of carbonyl (C=O) groups is 2. The molecule has 0 bridgehead atoms. The van der Waals surface area contributed by atoms with Crippen LogP contribution in [-0.4, -0.2) is 83.2 Å². The maximum atomic E-state index is 13.9. The summed E-state index contributed by atoms with van der Waals surface area (Å²) in [6.45, 7) is 9.58. The number of likely N-dealkylation sites (tertiary alicyclic amines) is 1. The summed E-state index contributed by atoms with van der Waals surface area (Å²) in [4.78, 5) is 35.8. The first kappa shape index (κ1) is 31.9. The monoisotopic (exact) mass is 632 g/mol. The Morgan fingerprint density at radius 1 is 1.00 bits per heavy atom. The van der Waals surface area contributed by atoms with Gasteiger partial charge >= 0.3 is 0 Å². The summed E-state index contributed by atoms with van der Waals surface area (Å²) in [7, 11) is 0. The molecule has 4 atom stereocenters. The number of nitrogens with zero attached hydrogens (tertiary/aromatic N) is 3. The molecule has 0 radical (unpaired) electrons. The van der Waals surface area contributed by atoms with Crippen LogP contribution in [0.15, 0.2) is 54.7 Å². The summed E-state index contributed by atoms with van der Waals surface area (Å²) < 4.78 is 12.4. The van der Waals surface area contributed by atoms with Crippen LogP contribution in [0.4, 0.5) is 5.69 Å². The Balaban J connectivity index is 1.12. The highest BCUT2D eigenvalue weighted by Gasteiger charge is 2.40. The normalized spacial score (nSPS) is 27.5. The molecule has 1 aliphatic carbocycles. The second-order valence-corrected chi connectivity index (χ2v) is 13.7. The Morgan fingerprint density at radius 3 is 2.51 bits per heavy atom. The van der Waals surface area contributed by atoms with Crippen LogP contribution in [-0.2, 0) is 20.7 Å². The molecular formula is C36H45ClN4O4. The molecule has 2 saturated heterocycles. The van der Waals surface area contributed by atoms with Crippen molar-refractivity contribution in [2.45, 2.75) is 89.7 Å². The number of rotatable bonds is 8. The molecule has 0 unspecified atom stereocenters. The number of halogens is 1. The number of morpholine rings is 1. The van der Waals surface area contributed by atoms with Gasteiger partial charge < -0.3 is 19.7 Å². The van der Waals surface area contributed by atoms with E-state index < -0.39 is 0 Å². The van der Waals surface area contributed by atoms with Gasteiger partial charge in [0.05, 0.1) is 48.1 Å². The van der Waals surface area contributed by atoms with Crippen LogP contribution in [0.1, 0.15) is 68.9 Å². The van der Waals surface area contributed by atoms with Crippen LogP contribution in [0.5, 0.6) is 0 Å². The fourth-order valence-electron chi connectivity index (χ4n) is 7.31. The first-order valence-corrected chi connectivity index (χ1v) is 16.9. The third-order valence-electron chi connectivity index (χ3n) is 9.69. The zero-order chi connectivity index (χ0) is 31.5. The predicted octanol–water partition coefficient (Wildman–Crippen LogP) is 6.36. The molecule has 1 aromatic heterocycles. The molecular weight excluding hydrogens is 588 g/mol. The molecule has 45 heavy (non-hydrogen) atoms. The summed E-state index contributed by atoms with van der Waals surface area (Å²) >= 11 is 6.65. The Labute approximate surface area is 271 Å². The van der Waals surface area contributed by atoms with E-state index in [0.717, 1.165) is 54.6 Å². The van der Waals surface area contributed by atoms with Crippen molar-refractivity contribution in [1.29, 1.82) is 0 Å². The molecule has 8 nitrogen and oxygen atoms in total. The van der Waals surface area contributed by atoms with Crippen LogP contribution in [0, 0.1) is 5.92 Å². The minimum atomic E-state index is -0.331. The zero-order valence-electron chi connectivity index (χ0n) is 26.6. The van der Waals surface area contributed by atoms with Crippen LogP contribution in [0.2, 0.25) is 5.02 Å². The van der Waals surface area contributed by atoms with E-state index in [2.05, 4.69) is 36.0 Å². The molecule has 3 aliphatic rings. The number of hydrogen-bond acceptors (Lipinski definition) is 6. The lowest BCUT2D eigenvalue weighted by Crippen LogP contribution is -2.51. The maximum absolute atomic E-state index is 13.9. The highest BCUT2D eigenvalue weighted by Crippen LogP contribution is 2.31. The van der Waals surface area contributed by atoms with Crippen molar-refractivity contribution in [2.24, 2.45) is 5.92 Å². The molecule has 1 saturated carbocycles. The second kappa shape index (κ2) is 14.2. The van der Waals surface area contributed by atoms with Gasteiger partial charge in [-0.05, 0) is 81.0 Å². The molecule has 9 heteroatoms.